The third-order valence-electron chi connectivity index (χ3n) is 4.89. The number of methoxy groups -OCH3 is 2. The van der Waals surface area contributed by atoms with Crippen molar-refractivity contribution in [2.45, 2.75) is 33.4 Å². The van der Waals surface area contributed by atoms with Crippen LogP contribution in [-0.4, -0.2) is 38.1 Å². The van der Waals surface area contributed by atoms with E-state index in [4.69, 9.17) is 9.47 Å². The highest BCUT2D eigenvalue weighted by molar-refractivity contribution is 5.78. The Bertz CT molecular complexity index is 793. The molecule has 0 saturated heterocycles. The van der Waals surface area contributed by atoms with Gasteiger partial charge < -0.3 is 14.8 Å². The lowest BCUT2D eigenvalue weighted by Crippen LogP contribution is -2.40. The molecule has 0 radical (unpaired) electrons. The van der Waals surface area contributed by atoms with E-state index < -0.39 is 5.82 Å². The lowest BCUT2D eigenvalue weighted by Gasteiger charge is -2.26. The highest BCUT2D eigenvalue weighted by atomic mass is 19.1. The number of likely N-dealkylation sites (N-methyl/N-ethyl adjacent to an activating group) is 1. The summed E-state index contributed by atoms with van der Waals surface area (Å²) in [6.45, 7) is 7.54. The zero-order chi connectivity index (χ0) is 21.4. The maximum Gasteiger partial charge on any atom is 0.234 e. The molecule has 1 amide bonds. The van der Waals surface area contributed by atoms with Crippen LogP contribution < -0.4 is 14.8 Å². The highest BCUT2D eigenvalue weighted by Gasteiger charge is 2.20. The van der Waals surface area contributed by atoms with Crippen molar-refractivity contribution in [3.05, 3.63) is 59.4 Å². The Hall–Kier alpha value is -2.60. The fourth-order valence-electron chi connectivity index (χ4n) is 3.21. The summed E-state index contributed by atoms with van der Waals surface area (Å²) in [6.07, 6.45) is 0. The number of nitrogens with zero attached hydrogens (tertiary/aromatic N) is 1. The van der Waals surface area contributed by atoms with Crippen molar-refractivity contribution in [2.24, 2.45) is 5.92 Å². The Balaban J connectivity index is 2.02. The van der Waals surface area contributed by atoms with E-state index in [9.17, 15) is 9.18 Å². The lowest BCUT2D eigenvalue weighted by atomic mass is 9.96. The van der Waals surface area contributed by atoms with Gasteiger partial charge in [0.05, 0.1) is 26.8 Å². The van der Waals surface area contributed by atoms with Crippen molar-refractivity contribution in [3.63, 3.8) is 0 Å². The Morgan fingerprint density at radius 1 is 1.10 bits per heavy atom. The summed E-state index contributed by atoms with van der Waals surface area (Å²) in [6, 6.07) is 12.5. The fraction of sp³-hybridized carbons (Fsp3) is 0.435. The maximum absolute atomic E-state index is 13.9. The Kier molecular flexibility index (Phi) is 8.46. The van der Waals surface area contributed by atoms with Crippen LogP contribution in [0.2, 0.25) is 0 Å². The second-order valence-corrected chi connectivity index (χ2v) is 7.33. The standard InChI is InChI=1S/C23H31FN2O3/c1-6-26(14-17-7-12-21(29-5)20(24)13-17)15-22(27)25-23(16(2)3)18-8-10-19(28-4)11-9-18/h7-13,16,23H,6,14-15H2,1-5H3,(H,25,27). The van der Waals surface area contributed by atoms with Crippen LogP contribution in [0, 0.1) is 11.7 Å². The van der Waals surface area contributed by atoms with Crippen molar-refractivity contribution >= 4 is 5.91 Å². The van der Waals surface area contributed by atoms with Crippen molar-refractivity contribution < 1.29 is 18.7 Å². The van der Waals surface area contributed by atoms with E-state index in [0.717, 1.165) is 16.9 Å². The SMILES string of the molecule is CCN(CC(=O)NC(c1ccc(OC)cc1)C(C)C)Cc1ccc(OC)c(F)c1. The van der Waals surface area contributed by atoms with E-state index in [-0.39, 0.29) is 30.2 Å². The first-order chi connectivity index (χ1) is 13.9. The van der Waals surface area contributed by atoms with Gasteiger partial charge in [0.2, 0.25) is 5.91 Å². The quantitative estimate of drug-likeness (QED) is 0.648. The molecule has 0 saturated carbocycles. The van der Waals surface area contributed by atoms with Gasteiger partial charge in [0, 0.05) is 6.54 Å². The predicted octanol–water partition coefficient (Wildman–Crippen LogP) is 4.18. The van der Waals surface area contributed by atoms with Crippen LogP contribution >= 0.6 is 0 Å². The molecule has 5 nitrogen and oxygen atoms in total. The molecule has 29 heavy (non-hydrogen) atoms. The van der Waals surface area contributed by atoms with Gasteiger partial charge in [-0.3, -0.25) is 9.69 Å². The molecule has 0 fully saturated rings. The van der Waals surface area contributed by atoms with Gasteiger partial charge >= 0.3 is 0 Å². The molecule has 0 aliphatic heterocycles. The van der Waals surface area contributed by atoms with Crippen molar-refractivity contribution in [1.29, 1.82) is 0 Å². The Morgan fingerprint density at radius 2 is 1.79 bits per heavy atom. The van der Waals surface area contributed by atoms with Gasteiger partial charge in [0.1, 0.15) is 5.75 Å². The van der Waals surface area contributed by atoms with Gasteiger partial charge in [-0.2, -0.15) is 0 Å². The molecule has 2 rings (SSSR count). The van der Waals surface area contributed by atoms with Crippen molar-refractivity contribution in [1.82, 2.24) is 10.2 Å². The molecule has 1 N–H and O–H groups in total. The summed E-state index contributed by atoms with van der Waals surface area (Å²) in [4.78, 5) is 14.7. The second kappa shape index (κ2) is 10.8. The van der Waals surface area contributed by atoms with E-state index in [0.29, 0.717) is 13.1 Å². The van der Waals surface area contributed by atoms with Crippen LogP contribution in [0.15, 0.2) is 42.5 Å². The third-order valence-corrected chi connectivity index (χ3v) is 4.89. The minimum absolute atomic E-state index is 0.0599. The van der Waals surface area contributed by atoms with E-state index in [1.165, 1.54) is 13.2 Å². The van der Waals surface area contributed by atoms with Crippen LogP contribution in [0.3, 0.4) is 0 Å². The Labute approximate surface area is 172 Å². The van der Waals surface area contributed by atoms with E-state index in [1.807, 2.05) is 42.2 Å². The van der Waals surface area contributed by atoms with E-state index in [2.05, 4.69) is 19.2 Å². The smallest absolute Gasteiger partial charge is 0.234 e. The molecule has 0 aliphatic carbocycles. The average molecular weight is 403 g/mol. The Morgan fingerprint density at radius 3 is 2.31 bits per heavy atom. The zero-order valence-electron chi connectivity index (χ0n) is 17.9. The highest BCUT2D eigenvalue weighted by Crippen LogP contribution is 2.24. The van der Waals surface area contributed by atoms with Crippen molar-refractivity contribution in [3.8, 4) is 11.5 Å². The minimum Gasteiger partial charge on any atom is -0.497 e. The van der Waals surface area contributed by atoms with Crippen LogP contribution in [0.25, 0.3) is 0 Å². The van der Waals surface area contributed by atoms with E-state index >= 15 is 0 Å². The number of rotatable bonds is 10. The summed E-state index contributed by atoms with van der Waals surface area (Å²) in [5.41, 5.74) is 1.84. The normalized spacial score (nSPS) is 12.1. The first kappa shape index (κ1) is 22.7. The number of carbonyl (C=O) groups is 1. The topological polar surface area (TPSA) is 50.8 Å². The van der Waals surface area contributed by atoms with Crippen LogP contribution in [-0.2, 0) is 11.3 Å². The first-order valence-corrected chi connectivity index (χ1v) is 9.86. The monoisotopic (exact) mass is 402 g/mol. The number of halogens is 1. The zero-order valence-corrected chi connectivity index (χ0v) is 17.9. The van der Waals surface area contributed by atoms with Crippen LogP contribution in [0.5, 0.6) is 11.5 Å². The number of hydrogen-bond donors (Lipinski definition) is 1. The van der Waals surface area contributed by atoms with Crippen LogP contribution in [0.4, 0.5) is 4.39 Å². The summed E-state index contributed by atoms with van der Waals surface area (Å²) >= 11 is 0. The number of benzene rings is 2. The summed E-state index contributed by atoms with van der Waals surface area (Å²) in [5, 5.41) is 3.13. The molecular weight excluding hydrogens is 371 g/mol. The summed E-state index contributed by atoms with van der Waals surface area (Å²) in [5.74, 6) is 0.776. The van der Waals surface area contributed by atoms with Gasteiger partial charge in [0.25, 0.3) is 0 Å². The second-order valence-electron chi connectivity index (χ2n) is 7.33. The molecule has 2 aromatic rings. The molecule has 0 aromatic heterocycles. The van der Waals surface area contributed by atoms with Gasteiger partial charge in [0.15, 0.2) is 11.6 Å². The van der Waals surface area contributed by atoms with Crippen molar-refractivity contribution in [2.75, 3.05) is 27.3 Å². The van der Waals surface area contributed by atoms with Gasteiger partial charge in [-0.15, -0.1) is 0 Å². The molecule has 2 aromatic carbocycles. The molecule has 1 unspecified atom stereocenters. The van der Waals surface area contributed by atoms with Gasteiger partial charge in [-0.1, -0.05) is 39.0 Å². The molecule has 0 bridgehead atoms. The number of hydrogen-bond acceptors (Lipinski definition) is 4. The van der Waals surface area contributed by atoms with Gasteiger partial charge in [-0.25, -0.2) is 4.39 Å². The largest absolute Gasteiger partial charge is 0.497 e. The molecule has 0 heterocycles. The maximum atomic E-state index is 13.9. The fourth-order valence-corrected chi connectivity index (χ4v) is 3.21. The molecule has 158 valence electrons. The molecule has 6 heteroatoms. The third kappa shape index (κ3) is 6.46. The number of amides is 1. The predicted molar refractivity (Wildman–Crippen MR) is 113 cm³/mol. The summed E-state index contributed by atoms with van der Waals surface area (Å²) in [7, 11) is 3.07. The minimum atomic E-state index is -0.398. The first-order valence-electron chi connectivity index (χ1n) is 9.86. The average Bonchev–Trinajstić information content (AvgIpc) is 2.71. The lowest BCUT2D eigenvalue weighted by molar-refractivity contribution is -0.123. The number of nitrogens with one attached hydrogen (secondary N) is 1. The molecule has 0 aliphatic rings. The van der Waals surface area contributed by atoms with Gasteiger partial charge in [-0.05, 0) is 47.9 Å². The number of carbonyl (C=O) groups excluding carboxylic acids is 1. The van der Waals surface area contributed by atoms with E-state index in [1.54, 1.807) is 13.2 Å². The number of ether oxygens (including phenoxy) is 2. The summed E-state index contributed by atoms with van der Waals surface area (Å²) < 4.78 is 24.1. The molecule has 0 spiro atoms. The van der Waals surface area contributed by atoms with Crippen LogP contribution in [0.1, 0.15) is 37.9 Å². The molecular formula is C23H31FN2O3. The molecule has 1 atom stereocenters.